The molecule has 3 rings (SSSR count). The summed E-state index contributed by atoms with van der Waals surface area (Å²) in [7, 11) is 0. The molecule has 1 aliphatic rings. The lowest BCUT2D eigenvalue weighted by Crippen LogP contribution is -2.26. The van der Waals surface area contributed by atoms with Crippen molar-refractivity contribution in [1.82, 2.24) is 5.32 Å². The van der Waals surface area contributed by atoms with E-state index in [1.165, 1.54) is 12.3 Å². The average Bonchev–Trinajstić information content (AvgIpc) is 3.31. The van der Waals surface area contributed by atoms with Crippen LogP contribution in [0.15, 0.2) is 53.2 Å². The van der Waals surface area contributed by atoms with Crippen molar-refractivity contribution < 1.29 is 18.8 Å². The zero-order valence-corrected chi connectivity index (χ0v) is 14.8. The number of furan rings is 1. The van der Waals surface area contributed by atoms with Crippen LogP contribution in [0.1, 0.15) is 25.0 Å². The van der Waals surface area contributed by atoms with Gasteiger partial charge >= 0.3 is 0 Å². The summed E-state index contributed by atoms with van der Waals surface area (Å²) >= 11 is 0. The largest absolute Gasteiger partial charge is 0.465 e. The van der Waals surface area contributed by atoms with Crippen LogP contribution in [0.2, 0.25) is 0 Å². The number of rotatable bonds is 7. The first-order valence-electron chi connectivity index (χ1n) is 8.81. The van der Waals surface area contributed by atoms with Crippen LogP contribution in [0.3, 0.4) is 0 Å². The SMILES string of the molecule is O=C(/C=C/c1ccco1)NCCC(=O)Nc1cccc(N2CCCC2=O)c1. The number of nitrogens with zero attached hydrogens (tertiary/aromatic N) is 1. The Morgan fingerprint density at radius 3 is 2.85 bits per heavy atom. The minimum Gasteiger partial charge on any atom is -0.465 e. The van der Waals surface area contributed by atoms with Crippen LogP contribution in [0.5, 0.6) is 0 Å². The fraction of sp³-hybridized carbons (Fsp3) is 0.250. The number of carbonyl (C=O) groups is 3. The first-order valence-corrected chi connectivity index (χ1v) is 8.81. The van der Waals surface area contributed by atoms with E-state index in [1.54, 1.807) is 41.3 Å². The molecule has 0 unspecified atom stereocenters. The molecule has 0 atom stereocenters. The van der Waals surface area contributed by atoms with Gasteiger partial charge in [0.05, 0.1) is 6.26 Å². The molecule has 140 valence electrons. The number of benzene rings is 1. The summed E-state index contributed by atoms with van der Waals surface area (Å²) in [5, 5.41) is 5.43. The quantitative estimate of drug-likeness (QED) is 0.736. The Morgan fingerprint density at radius 1 is 1.22 bits per heavy atom. The Labute approximate surface area is 157 Å². The second kappa shape index (κ2) is 8.84. The summed E-state index contributed by atoms with van der Waals surface area (Å²) in [6.07, 6.45) is 5.99. The molecular weight excluding hydrogens is 346 g/mol. The number of amides is 3. The first kappa shape index (κ1) is 18.4. The summed E-state index contributed by atoms with van der Waals surface area (Å²) in [5.74, 6) is 0.173. The van der Waals surface area contributed by atoms with Gasteiger partial charge in [-0.25, -0.2) is 0 Å². The zero-order chi connectivity index (χ0) is 19.1. The standard InChI is InChI=1S/C20H21N3O4/c24-18(9-8-17-6-3-13-27-17)21-11-10-19(25)22-15-4-1-5-16(14-15)23-12-2-7-20(23)26/h1,3-6,8-9,13-14H,2,7,10-12H2,(H,21,24)(H,22,25)/b9-8+. The summed E-state index contributed by atoms with van der Waals surface area (Å²) in [4.78, 5) is 37.3. The van der Waals surface area contributed by atoms with Crippen molar-refractivity contribution in [2.75, 3.05) is 23.3 Å². The number of hydrogen-bond donors (Lipinski definition) is 2. The van der Waals surface area contributed by atoms with Crippen LogP contribution in [0, 0.1) is 0 Å². The predicted octanol–water partition coefficient (Wildman–Crippen LogP) is 2.56. The monoisotopic (exact) mass is 367 g/mol. The summed E-state index contributed by atoms with van der Waals surface area (Å²) in [6, 6.07) is 10.7. The van der Waals surface area contributed by atoms with E-state index in [9.17, 15) is 14.4 Å². The lowest BCUT2D eigenvalue weighted by atomic mass is 10.2. The van der Waals surface area contributed by atoms with Gasteiger partial charge in [0.2, 0.25) is 17.7 Å². The molecule has 1 fully saturated rings. The molecule has 0 radical (unpaired) electrons. The number of anilines is 2. The van der Waals surface area contributed by atoms with Gasteiger partial charge in [-0.1, -0.05) is 6.07 Å². The minimum absolute atomic E-state index is 0.101. The van der Waals surface area contributed by atoms with Crippen LogP contribution in [0.4, 0.5) is 11.4 Å². The van der Waals surface area contributed by atoms with E-state index in [2.05, 4.69) is 10.6 Å². The lowest BCUT2D eigenvalue weighted by molar-refractivity contribution is -0.118. The zero-order valence-electron chi connectivity index (χ0n) is 14.8. The Hall–Kier alpha value is -3.35. The Morgan fingerprint density at radius 2 is 2.11 bits per heavy atom. The molecule has 0 aliphatic carbocycles. The molecular formula is C20H21N3O4. The third-order valence-electron chi connectivity index (χ3n) is 4.11. The molecule has 2 heterocycles. The summed E-state index contributed by atoms with van der Waals surface area (Å²) < 4.78 is 5.09. The molecule has 2 N–H and O–H groups in total. The van der Waals surface area contributed by atoms with E-state index in [4.69, 9.17) is 4.42 Å². The maximum Gasteiger partial charge on any atom is 0.244 e. The van der Waals surface area contributed by atoms with Crippen molar-refractivity contribution in [2.45, 2.75) is 19.3 Å². The van der Waals surface area contributed by atoms with Gasteiger partial charge in [0, 0.05) is 43.4 Å². The highest BCUT2D eigenvalue weighted by atomic mass is 16.3. The number of hydrogen-bond acceptors (Lipinski definition) is 4. The maximum absolute atomic E-state index is 12.1. The van der Waals surface area contributed by atoms with Crippen LogP contribution in [-0.4, -0.2) is 30.8 Å². The Balaban J connectivity index is 1.44. The summed E-state index contributed by atoms with van der Waals surface area (Å²) in [6.45, 7) is 0.922. The molecule has 2 aromatic rings. The molecule has 0 spiro atoms. The van der Waals surface area contributed by atoms with Crippen molar-refractivity contribution in [3.8, 4) is 0 Å². The molecule has 1 aromatic heterocycles. The third kappa shape index (κ3) is 5.31. The van der Waals surface area contributed by atoms with Gasteiger partial charge < -0.3 is 20.0 Å². The molecule has 27 heavy (non-hydrogen) atoms. The van der Waals surface area contributed by atoms with E-state index in [-0.39, 0.29) is 30.7 Å². The predicted molar refractivity (Wildman–Crippen MR) is 102 cm³/mol. The van der Waals surface area contributed by atoms with Crippen LogP contribution >= 0.6 is 0 Å². The van der Waals surface area contributed by atoms with Crippen molar-refractivity contribution in [2.24, 2.45) is 0 Å². The normalized spacial score (nSPS) is 13.9. The maximum atomic E-state index is 12.1. The van der Waals surface area contributed by atoms with Gasteiger partial charge in [-0.2, -0.15) is 0 Å². The number of nitrogens with one attached hydrogen (secondary N) is 2. The highest BCUT2D eigenvalue weighted by Crippen LogP contribution is 2.24. The fourth-order valence-electron chi connectivity index (χ4n) is 2.80. The van der Waals surface area contributed by atoms with E-state index >= 15 is 0 Å². The highest BCUT2D eigenvalue weighted by molar-refractivity contribution is 5.97. The van der Waals surface area contributed by atoms with Gasteiger partial charge in [-0.05, 0) is 42.8 Å². The molecule has 1 aromatic carbocycles. The second-order valence-electron chi connectivity index (χ2n) is 6.14. The third-order valence-corrected chi connectivity index (χ3v) is 4.11. The highest BCUT2D eigenvalue weighted by Gasteiger charge is 2.21. The molecule has 0 saturated carbocycles. The van der Waals surface area contributed by atoms with E-state index in [0.717, 1.165) is 12.1 Å². The topological polar surface area (TPSA) is 91.7 Å². The van der Waals surface area contributed by atoms with Crippen molar-refractivity contribution in [3.63, 3.8) is 0 Å². The number of carbonyl (C=O) groups excluding carboxylic acids is 3. The van der Waals surface area contributed by atoms with Crippen molar-refractivity contribution >= 4 is 35.2 Å². The smallest absolute Gasteiger partial charge is 0.244 e. The summed E-state index contributed by atoms with van der Waals surface area (Å²) in [5.41, 5.74) is 1.41. The van der Waals surface area contributed by atoms with E-state index in [1.807, 2.05) is 6.07 Å². The first-order chi connectivity index (χ1) is 13.1. The molecule has 3 amide bonds. The Kier molecular flexibility index (Phi) is 6.04. The molecule has 7 nitrogen and oxygen atoms in total. The van der Waals surface area contributed by atoms with Crippen molar-refractivity contribution in [1.29, 1.82) is 0 Å². The van der Waals surface area contributed by atoms with Crippen molar-refractivity contribution in [3.05, 3.63) is 54.5 Å². The van der Waals surface area contributed by atoms with Crippen LogP contribution in [0.25, 0.3) is 6.08 Å². The van der Waals surface area contributed by atoms with E-state index in [0.29, 0.717) is 24.4 Å². The second-order valence-corrected chi connectivity index (χ2v) is 6.14. The van der Waals surface area contributed by atoms with Gasteiger partial charge in [0.1, 0.15) is 5.76 Å². The van der Waals surface area contributed by atoms with Gasteiger partial charge in [0.25, 0.3) is 0 Å². The lowest BCUT2D eigenvalue weighted by Gasteiger charge is -2.16. The van der Waals surface area contributed by atoms with Gasteiger partial charge in [-0.3, -0.25) is 14.4 Å². The Bertz CT molecular complexity index is 843. The average molecular weight is 367 g/mol. The molecule has 0 bridgehead atoms. The van der Waals surface area contributed by atoms with E-state index < -0.39 is 0 Å². The molecule has 1 saturated heterocycles. The van der Waals surface area contributed by atoms with Crippen LogP contribution in [-0.2, 0) is 14.4 Å². The van der Waals surface area contributed by atoms with Crippen LogP contribution < -0.4 is 15.5 Å². The fourth-order valence-corrected chi connectivity index (χ4v) is 2.80. The molecule has 1 aliphatic heterocycles. The van der Waals surface area contributed by atoms with Gasteiger partial charge in [-0.15, -0.1) is 0 Å². The molecule has 7 heteroatoms. The minimum atomic E-state index is -0.297. The van der Waals surface area contributed by atoms with Gasteiger partial charge in [0.15, 0.2) is 0 Å².